The molecule has 0 saturated carbocycles. The molecule has 6 nitrogen and oxygen atoms in total. The van der Waals surface area contributed by atoms with E-state index in [4.69, 9.17) is 13.9 Å². The van der Waals surface area contributed by atoms with Crippen LogP contribution in [0.15, 0.2) is 65.1 Å². The van der Waals surface area contributed by atoms with Crippen molar-refractivity contribution < 1.29 is 13.9 Å². The molecule has 0 aliphatic heterocycles. The van der Waals surface area contributed by atoms with Crippen molar-refractivity contribution in [2.45, 2.75) is 6.92 Å². The van der Waals surface area contributed by atoms with Gasteiger partial charge in [-0.05, 0) is 31.2 Å². The van der Waals surface area contributed by atoms with Gasteiger partial charge in [-0.1, -0.05) is 36.4 Å². The lowest BCUT2D eigenvalue weighted by atomic mass is 10.2. The van der Waals surface area contributed by atoms with Crippen LogP contribution in [0.25, 0.3) is 28.7 Å². The van der Waals surface area contributed by atoms with Gasteiger partial charge in [-0.2, -0.15) is 0 Å². The van der Waals surface area contributed by atoms with Crippen LogP contribution >= 0.6 is 0 Å². The van der Waals surface area contributed by atoms with E-state index < -0.39 is 0 Å². The van der Waals surface area contributed by atoms with E-state index in [9.17, 15) is 0 Å². The first-order chi connectivity index (χ1) is 13.2. The Morgan fingerprint density at radius 2 is 1.44 bits per heavy atom. The lowest BCUT2D eigenvalue weighted by Crippen LogP contribution is -2.05. The Balaban J connectivity index is 2.05. The standard InChI is InChI=1S/C21H19N3O3/c1-14-12-13-18(27-14)21-23-22-20(15-8-5-4-6-9-15)24(21)19-16(25-2)10-7-11-17(19)26-3/h4-13H,1-3H3. The molecular weight excluding hydrogens is 342 g/mol. The fourth-order valence-corrected chi connectivity index (χ4v) is 3.04. The summed E-state index contributed by atoms with van der Waals surface area (Å²) in [5, 5.41) is 8.85. The highest BCUT2D eigenvalue weighted by atomic mass is 16.5. The van der Waals surface area contributed by atoms with Crippen LogP contribution in [-0.2, 0) is 0 Å². The topological polar surface area (TPSA) is 62.3 Å². The molecule has 0 spiro atoms. The molecule has 0 atom stereocenters. The minimum Gasteiger partial charge on any atom is -0.494 e. The second-order valence-corrected chi connectivity index (χ2v) is 5.97. The Morgan fingerprint density at radius 3 is 2.04 bits per heavy atom. The van der Waals surface area contributed by atoms with Crippen LogP contribution in [0.2, 0.25) is 0 Å². The molecule has 0 unspecified atom stereocenters. The molecule has 0 bridgehead atoms. The summed E-state index contributed by atoms with van der Waals surface area (Å²) in [5.41, 5.74) is 1.64. The summed E-state index contributed by atoms with van der Waals surface area (Å²) < 4.78 is 19.0. The quantitative estimate of drug-likeness (QED) is 0.523. The van der Waals surface area contributed by atoms with Crippen molar-refractivity contribution in [3.63, 3.8) is 0 Å². The highest BCUT2D eigenvalue weighted by Crippen LogP contribution is 2.38. The summed E-state index contributed by atoms with van der Waals surface area (Å²) in [7, 11) is 3.25. The molecule has 2 heterocycles. The Bertz CT molecular complexity index is 1050. The van der Waals surface area contributed by atoms with Crippen LogP contribution < -0.4 is 9.47 Å². The van der Waals surface area contributed by atoms with Gasteiger partial charge in [-0.25, -0.2) is 0 Å². The van der Waals surface area contributed by atoms with Gasteiger partial charge in [-0.15, -0.1) is 10.2 Å². The summed E-state index contributed by atoms with van der Waals surface area (Å²) in [6.07, 6.45) is 0. The number of aryl methyl sites for hydroxylation is 1. The molecule has 0 aliphatic rings. The summed E-state index contributed by atoms with van der Waals surface area (Å²) >= 11 is 0. The molecule has 6 heteroatoms. The van der Waals surface area contributed by atoms with Gasteiger partial charge < -0.3 is 13.9 Å². The molecule has 0 saturated heterocycles. The SMILES string of the molecule is COc1cccc(OC)c1-n1c(-c2ccccc2)nnc1-c1ccc(C)o1. The van der Waals surface area contributed by atoms with Crippen molar-refractivity contribution in [1.82, 2.24) is 14.8 Å². The number of aromatic nitrogens is 3. The lowest BCUT2D eigenvalue weighted by Gasteiger charge is -2.16. The zero-order valence-corrected chi connectivity index (χ0v) is 15.3. The van der Waals surface area contributed by atoms with Crippen LogP contribution in [0.5, 0.6) is 11.5 Å². The highest BCUT2D eigenvalue weighted by Gasteiger charge is 2.24. The number of hydrogen-bond acceptors (Lipinski definition) is 5. The third kappa shape index (κ3) is 2.95. The van der Waals surface area contributed by atoms with E-state index in [1.54, 1.807) is 14.2 Å². The second-order valence-electron chi connectivity index (χ2n) is 5.97. The van der Waals surface area contributed by atoms with Gasteiger partial charge in [0.1, 0.15) is 22.9 Å². The number of methoxy groups -OCH3 is 2. The minimum atomic E-state index is 0.574. The maximum atomic E-state index is 5.82. The van der Waals surface area contributed by atoms with Gasteiger partial charge in [-0.3, -0.25) is 4.57 Å². The average molecular weight is 361 g/mol. The molecule has 2 aromatic heterocycles. The van der Waals surface area contributed by atoms with Crippen molar-refractivity contribution in [3.05, 3.63) is 66.4 Å². The van der Waals surface area contributed by atoms with Crippen LogP contribution in [0.4, 0.5) is 0 Å². The Labute approximate surface area is 157 Å². The monoisotopic (exact) mass is 361 g/mol. The largest absolute Gasteiger partial charge is 0.494 e. The predicted octanol–water partition coefficient (Wildman–Crippen LogP) is 4.52. The van der Waals surface area contributed by atoms with Gasteiger partial charge >= 0.3 is 0 Å². The van der Waals surface area contributed by atoms with E-state index >= 15 is 0 Å². The normalized spacial score (nSPS) is 10.8. The molecule has 0 fully saturated rings. The highest BCUT2D eigenvalue weighted by molar-refractivity contribution is 5.69. The molecule has 27 heavy (non-hydrogen) atoms. The van der Waals surface area contributed by atoms with Crippen molar-refractivity contribution in [3.8, 4) is 40.2 Å². The number of rotatable bonds is 5. The van der Waals surface area contributed by atoms with Crippen LogP contribution in [-0.4, -0.2) is 29.0 Å². The van der Waals surface area contributed by atoms with Crippen molar-refractivity contribution in [2.24, 2.45) is 0 Å². The third-order valence-electron chi connectivity index (χ3n) is 4.28. The van der Waals surface area contributed by atoms with Gasteiger partial charge in [0.05, 0.1) is 14.2 Å². The molecule has 136 valence electrons. The van der Waals surface area contributed by atoms with E-state index in [-0.39, 0.29) is 0 Å². The van der Waals surface area contributed by atoms with Gasteiger partial charge in [0, 0.05) is 5.56 Å². The van der Waals surface area contributed by atoms with Crippen LogP contribution in [0, 0.1) is 6.92 Å². The van der Waals surface area contributed by atoms with Crippen LogP contribution in [0.1, 0.15) is 5.76 Å². The molecule has 4 aromatic rings. The first-order valence-corrected chi connectivity index (χ1v) is 8.52. The molecular formula is C21H19N3O3. The fourth-order valence-electron chi connectivity index (χ4n) is 3.04. The van der Waals surface area contributed by atoms with E-state index in [2.05, 4.69) is 10.2 Å². The maximum absolute atomic E-state index is 5.82. The zero-order valence-electron chi connectivity index (χ0n) is 15.3. The number of ether oxygens (including phenoxy) is 2. The third-order valence-corrected chi connectivity index (χ3v) is 4.28. The van der Waals surface area contributed by atoms with Gasteiger partial charge in [0.25, 0.3) is 0 Å². The average Bonchev–Trinajstić information content (AvgIpc) is 3.34. The molecule has 4 rings (SSSR count). The van der Waals surface area contributed by atoms with Gasteiger partial charge in [0.2, 0.25) is 5.82 Å². The summed E-state index contributed by atoms with van der Waals surface area (Å²) in [5.74, 6) is 3.96. The number of furan rings is 1. The van der Waals surface area contributed by atoms with Crippen LogP contribution in [0.3, 0.4) is 0 Å². The first kappa shape index (κ1) is 16.9. The summed E-state index contributed by atoms with van der Waals surface area (Å²) in [6.45, 7) is 1.89. The lowest BCUT2D eigenvalue weighted by molar-refractivity contribution is 0.391. The number of benzene rings is 2. The maximum Gasteiger partial charge on any atom is 0.204 e. The van der Waals surface area contributed by atoms with Gasteiger partial charge in [0.15, 0.2) is 11.6 Å². The summed E-state index contributed by atoms with van der Waals surface area (Å²) in [4.78, 5) is 0. The van der Waals surface area contributed by atoms with Crippen molar-refractivity contribution >= 4 is 0 Å². The second kappa shape index (κ2) is 6.99. The van der Waals surface area contributed by atoms with E-state index in [0.29, 0.717) is 28.9 Å². The fraction of sp³-hybridized carbons (Fsp3) is 0.143. The number of nitrogens with zero attached hydrogens (tertiary/aromatic N) is 3. The first-order valence-electron chi connectivity index (χ1n) is 8.52. The number of para-hydroxylation sites is 1. The molecule has 0 N–H and O–H groups in total. The zero-order chi connectivity index (χ0) is 18.8. The Kier molecular flexibility index (Phi) is 4.38. The van der Waals surface area contributed by atoms with E-state index in [1.165, 1.54) is 0 Å². The predicted molar refractivity (Wildman–Crippen MR) is 102 cm³/mol. The molecule has 2 aromatic carbocycles. The number of hydrogen-bond donors (Lipinski definition) is 0. The van der Waals surface area contributed by atoms with Crippen molar-refractivity contribution in [2.75, 3.05) is 14.2 Å². The van der Waals surface area contributed by atoms with Crippen molar-refractivity contribution in [1.29, 1.82) is 0 Å². The van der Waals surface area contributed by atoms with E-state index in [1.807, 2.05) is 72.2 Å². The molecule has 0 aliphatic carbocycles. The summed E-state index contributed by atoms with van der Waals surface area (Å²) in [6, 6.07) is 19.3. The molecule has 0 amide bonds. The Morgan fingerprint density at radius 1 is 0.778 bits per heavy atom. The van der Waals surface area contributed by atoms with E-state index in [0.717, 1.165) is 17.0 Å². The minimum absolute atomic E-state index is 0.574. The Hall–Kier alpha value is -3.54. The molecule has 0 radical (unpaired) electrons. The smallest absolute Gasteiger partial charge is 0.204 e.